The fourth-order valence-electron chi connectivity index (χ4n) is 2.77. The van der Waals surface area contributed by atoms with E-state index in [-0.39, 0.29) is 12.3 Å². The van der Waals surface area contributed by atoms with E-state index in [0.29, 0.717) is 35.3 Å². The third-order valence-electron chi connectivity index (χ3n) is 4.20. The lowest BCUT2D eigenvalue weighted by atomic mass is 10.2. The minimum Gasteiger partial charge on any atom is -0.455 e. The molecule has 144 valence electrons. The average Bonchev–Trinajstić information content (AvgIpc) is 3.24. The molecule has 4 rings (SSSR count). The molecule has 1 N–H and O–H groups in total. The number of amides is 1. The molecule has 3 aromatic carbocycles. The van der Waals surface area contributed by atoms with Crippen molar-refractivity contribution in [2.45, 2.75) is 12.8 Å². The summed E-state index contributed by atoms with van der Waals surface area (Å²) in [5.74, 6) is 2.06. The first-order valence-corrected chi connectivity index (χ1v) is 9.28. The summed E-state index contributed by atoms with van der Waals surface area (Å²) in [7, 11) is 0. The van der Waals surface area contributed by atoms with Crippen LogP contribution in [0.15, 0.2) is 89.5 Å². The van der Waals surface area contributed by atoms with Crippen LogP contribution >= 0.6 is 0 Å². The summed E-state index contributed by atoms with van der Waals surface area (Å²) in [4.78, 5) is 16.8. The summed E-state index contributed by atoms with van der Waals surface area (Å²) in [5.41, 5.74) is 1.48. The Bertz CT molecular complexity index is 1080. The number of nitrogens with one attached hydrogen (secondary N) is 1. The molecule has 6 heteroatoms. The van der Waals surface area contributed by atoms with E-state index in [1.807, 2.05) is 78.9 Å². The van der Waals surface area contributed by atoms with Crippen molar-refractivity contribution < 1.29 is 14.1 Å². The van der Waals surface area contributed by atoms with Crippen molar-refractivity contribution in [2.24, 2.45) is 0 Å². The number of hydrogen-bond acceptors (Lipinski definition) is 5. The van der Waals surface area contributed by atoms with Crippen molar-refractivity contribution in [3.8, 4) is 22.9 Å². The maximum absolute atomic E-state index is 12.4. The van der Waals surface area contributed by atoms with Crippen molar-refractivity contribution in [1.82, 2.24) is 10.1 Å². The van der Waals surface area contributed by atoms with E-state index in [9.17, 15) is 4.79 Å². The Kier molecular flexibility index (Phi) is 5.62. The van der Waals surface area contributed by atoms with Gasteiger partial charge in [0.15, 0.2) is 5.75 Å². The van der Waals surface area contributed by atoms with E-state index in [4.69, 9.17) is 9.26 Å². The zero-order chi connectivity index (χ0) is 19.9. The van der Waals surface area contributed by atoms with Crippen molar-refractivity contribution in [2.75, 3.05) is 5.32 Å². The van der Waals surface area contributed by atoms with Gasteiger partial charge in [0.2, 0.25) is 17.6 Å². The number of carbonyl (C=O) groups excluding carboxylic acids is 1. The van der Waals surface area contributed by atoms with E-state index in [0.717, 1.165) is 5.56 Å². The molecule has 0 saturated heterocycles. The lowest BCUT2D eigenvalue weighted by molar-refractivity contribution is -0.116. The fourth-order valence-corrected chi connectivity index (χ4v) is 2.77. The number of hydrogen-bond donors (Lipinski definition) is 1. The molecular weight excluding hydrogens is 366 g/mol. The van der Waals surface area contributed by atoms with Crippen LogP contribution in [0.2, 0.25) is 0 Å². The number of anilines is 1. The highest BCUT2D eigenvalue weighted by Gasteiger charge is 2.12. The minimum atomic E-state index is -0.159. The number of rotatable bonds is 7. The van der Waals surface area contributed by atoms with Crippen molar-refractivity contribution in [3.63, 3.8) is 0 Å². The summed E-state index contributed by atoms with van der Waals surface area (Å²) in [5, 5.41) is 6.86. The van der Waals surface area contributed by atoms with Gasteiger partial charge in [0.1, 0.15) is 5.75 Å². The topological polar surface area (TPSA) is 77.2 Å². The SMILES string of the molecule is O=C(CCc1nc(-c2ccccc2)no1)Nc1ccccc1Oc1ccccc1. The van der Waals surface area contributed by atoms with Crippen LogP contribution in [0.5, 0.6) is 11.5 Å². The first-order valence-electron chi connectivity index (χ1n) is 9.28. The number of aromatic nitrogens is 2. The predicted octanol–water partition coefficient (Wildman–Crippen LogP) is 5.10. The first kappa shape index (κ1) is 18.4. The molecule has 29 heavy (non-hydrogen) atoms. The molecule has 0 aliphatic rings. The van der Waals surface area contributed by atoms with Crippen LogP contribution in [-0.4, -0.2) is 16.0 Å². The number of aryl methyl sites for hydroxylation is 1. The van der Waals surface area contributed by atoms with Gasteiger partial charge in [0, 0.05) is 18.4 Å². The average molecular weight is 385 g/mol. The molecule has 1 aromatic heterocycles. The molecule has 0 spiro atoms. The number of ether oxygens (including phenoxy) is 1. The maximum Gasteiger partial charge on any atom is 0.227 e. The standard InChI is InChI=1S/C23H19N3O3/c27-21(15-16-22-25-23(26-29-22)17-9-3-1-4-10-17)24-19-13-7-8-14-20(19)28-18-11-5-2-6-12-18/h1-14H,15-16H2,(H,24,27). The molecule has 0 fully saturated rings. The van der Waals surface area contributed by atoms with Crippen molar-refractivity contribution >= 4 is 11.6 Å². The second-order valence-corrected chi connectivity index (χ2v) is 6.34. The second-order valence-electron chi connectivity index (χ2n) is 6.34. The molecule has 4 aromatic rings. The molecule has 0 unspecified atom stereocenters. The predicted molar refractivity (Wildman–Crippen MR) is 110 cm³/mol. The summed E-state index contributed by atoms with van der Waals surface area (Å²) >= 11 is 0. The molecule has 1 amide bonds. The number of carbonyl (C=O) groups is 1. The zero-order valence-electron chi connectivity index (χ0n) is 15.6. The van der Waals surface area contributed by atoms with E-state index in [1.165, 1.54) is 0 Å². The van der Waals surface area contributed by atoms with Gasteiger partial charge in [-0.2, -0.15) is 4.98 Å². The molecule has 6 nitrogen and oxygen atoms in total. The Labute approximate surface area is 168 Å². The number of para-hydroxylation sites is 3. The normalized spacial score (nSPS) is 10.5. The molecule has 0 aliphatic carbocycles. The van der Waals surface area contributed by atoms with Gasteiger partial charge < -0.3 is 14.6 Å². The Balaban J connectivity index is 1.36. The molecule has 0 atom stereocenters. The summed E-state index contributed by atoms with van der Waals surface area (Å²) in [6, 6.07) is 26.3. The van der Waals surface area contributed by atoms with Gasteiger partial charge in [-0.05, 0) is 24.3 Å². The van der Waals surface area contributed by atoms with Gasteiger partial charge in [-0.3, -0.25) is 4.79 Å². The molecule has 1 heterocycles. The van der Waals surface area contributed by atoms with E-state index >= 15 is 0 Å². The second kappa shape index (κ2) is 8.84. The van der Waals surface area contributed by atoms with Gasteiger partial charge in [-0.25, -0.2) is 0 Å². The lowest BCUT2D eigenvalue weighted by Crippen LogP contribution is -2.13. The highest BCUT2D eigenvalue weighted by atomic mass is 16.5. The monoisotopic (exact) mass is 385 g/mol. The summed E-state index contributed by atoms with van der Waals surface area (Å²) in [6.07, 6.45) is 0.573. The van der Waals surface area contributed by atoms with Crippen LogP contribution in [0.25, 0.3) is 11.4 Å². The summed E-state index contributed by atoms with van der Waals surface area (Å²) < 4.78 is 11.1. The highest BCUT2D eigenvalue weighted by molar-refractivity contribution is 5.92. The van der Waals surface area contributed by atoms with Crippen LogP contribution in [-0.2, 0) is 11.2 Å². The van der Waals surface area contributed by atoms with Gasteiger partial charge >= 0.3 is 0 Å². The Morgan fingerprint density at radius 3 is 2.38 bits per heavy atom. The fraction of sp³-hybridized carbons (Fsp3) is 0.0870. The molecule has 0 radical (unpaired) electrons. The van der Waals surface area contributed by atoms with Gasteiger partial charge in [-0.1, -0.05) is 65.8 Å². The third kappa shape index (κ3) is 4.87. The maximum atomic E-state index is 12.4. The lowest BCUT2D eigenvalue weighted by Gasteiger charge is -2.11. The highest BCUT2D eigenvalue weighted by Crippen LogP contribution is 2.29. The smallest absolute Gasteiger partial charge is 0.227 e. The van der Waals surface area contributed by atoms with Crippen LogP contribution in [0.4, 0.5) is 5.69 Å². The molecule has 0 aliphatic heterocycles. The Hall–Kier alpha value is -3.93. The van der Waals surface area contributed by atoms with Crippen LogP contribution in [0.3, 0.4) is 0 Å². The van der Waals surface area contributed by atoms with Crippen molar-refractivity contribution in [1.29, 1.82) is 0 Å². The number of nitrogens with zero attached hydrogens (tertiary/aromatic N) is 2. The van der Waals surface area contributed by atoms with Crippen molar-refractivity contribution in [3.05, 3.63) is 90.8 Å². The molecule has 0 saturated carbocycles. The van der Waals surface area contributed by atoms with Crippen LogP contribution in [0.1, 0.15) is 12.3 Å². The Morgan fingerprint density at radius 2 is 1.59 bits per heavy atom. The molecular formula is C23H19N3O3. The minimum absolute atomic E-state index is 0.159. The largest absolute Gasteiger partial charge is 0.455 e. The van der Waals surface area contributed by atoms with Gasteiger partial charge in [0.25, 0.3) is 0 Å². The first-order chi connectivity index (χ1) is 14.3. The number of benzene rings is 3. The van der Waals surface area contributed by atoms with Crippen LogP contribution in [0, 0.1) is 0 Å². The molecule has 0 bridgehead atoms. The summed E-state index contributed by atoms with van der Waals surface area (Å²) in [6.45, 7) is 0. The van der Waals surface area contributed by atoms with E-state index < -0.39 is 0 Å². The Morgan fingerprint density at radius 1 is 0.897 bits per heavy atom. The van der Waals surface area contributed by atoms with Gasteiger partial charge in [-0.15, -0.1) is 0 Å². The third-order valence-corrected chi connectivity index (χ3v) is 4.20. The van der Waals surface area contributed by atoms with E-state index in [1.54, 1.807) is 6.07 Å². The van der Waals surface area contributed by atoms with E-state index in [2.05, 4.69) is 15.5 Å². The quantitative estimate of drug-likeness (QED) is 0.479. The van der Waals surface area contributed by atoms with Gasteiger partial charge in [0.05, 0.1) is 5.69 Å². The van der Waals surface area contributed by atoms with Crippen LogP contribution < -0.4 is 10.1 Å². The zero-order valence-corrected chi connectivity index (χ0v) is 15.6.